The van der Waals surface area contributed by atoms with Crippen molar-refractivity contribution in [3.8, 4) is 5.75 Å². The van der Waals surface area contributed by atoms with Crippen molar-refractivity contribution in [3.63, 3.8) is 0 Å². The summed E-state index contributed by atoms with van der Waals surface area (Å²) in [6, 6.07) is 3.98. The van der Waals surface area contributed by atoms with Gasteiger partial charge in [0.25, 0.3) is 10.1 Å². The lowest BCUT2D eigenvalue weighted by Gasteiger charge is -2.03. The molecule has 0 fully saturated rings. The lowest BCUT2D eigenvalue weighted by atomic mass is 10.2. The van der Waals surface area contributed by atoms with E-state index in [0.29, 0.717) is 0 Å². The Bertz CT molecular complexity index is 374. The smallest absolute Gasteiger partial charge is 0.298 e. The second-order valence-electron chi connectivity index (χ2n) is 2.24. The number of hydrogen-bond acceptors (Lipinski definition) is 3. The van der Waals surface area contributed by atoms with Gasteiger partial charge in [-0.1, -0.05) is 12.1 Å². The van der Waals surface area contributed by atoms with Crippen LogP contribution >= 0.6 is 0 Å². The molecule has 1 radical (unpaired) electrons. The molecule has 0 aromatic heterocycles. The first-order chi connectivity index (χ1) is 5.43. The van der Waals surface area contributed by atoms with Gasteiger partial charge in [-0.25, -0.2) is 0 Å². The first-order valence-corrected chi connectivity index (χ1v) is 4.48. The zero-order valence-electron chi connectivity index (χ0n) is 6.06. The van der Waals surface area contributed by atoms with Crippen LogP contribution in [0.4, 0.5) is 0 Å². The molecule has 0 amide bonds. The minimum absolute atomic E-state index is 0.0671. The van der Waals surface area contributed by atoms with Crippen molar-refractivity contribution in [1.29, 1.82) is 0 Å². The fourth-order valence-electron chi connectivity index (χ4n) is 0.869. The fraction of sp³-hybridized carbons (Fsp3) is 0. The summed E-state index contributed by atoms with van der Waals surface area (Å²) in [5.41, 5.74) is 0.0671. The summed E-state index contributed by atoms with van der Waals surface area (Å²) in [5.74, 6) is -0.495. The molecule has 4 nitrogen and oxygen atoms in total. The fourth-order valence-corrected chi connectivity index (χ4v) is 1.60. The topological polar surface area (TPSA) is 74.6 Å². The van der Waals surface area contributed by atoms with Crippen LogP contribution in [-0.4, -0.2) is 18.1 Å². The van der Waals surface area contributed by atoms with E-state index >= 15 is 0 Å². The van der Waals surface area contributed by atoms with Gasteiger partial charge >= 0.3 is 0 Å². The minimum atomic E-state index is -4.38. The molecule has 0 spiro atoms. The Balaban J connectivity index is 3.53. The molecule has 0 unspecified atom stereocenters. The number of hydrogen-bond donors (Lipinski definition) is 2. The van der Waals surface area contributed by atoms with Crippen molar-refractivity contribution >= 4 is 10.1 Å². The van der Waals surface area contributed by atoms with Gasteiger partial charge in [0.2, 0.25) is 0 Å². The van der Waals surface area contributed by atoms with Crippen LogP contribution in [0.25, 0.3) is 0 Å². The summed E-state index contributed by atoms with van der Waals surface area (Å²) in [4.78, 5) is -0.537. The highest BCUT2D eigenvalue weighted by molar-refractivity contribution is 7.86. The van der Waals surface area contributed by atoms with Gasteiger partial charge in [0.1, 0.15) is 10.6 Å². The van der Waals surface area contributed by atoms with E-state index in [4.69, 9.17) is 9.66 Å². The number of rotatable bonds is 1. The van der Waals surface area contributed by atoms with E-state index < -0.39 is 20.8 Å². The number of phenols is 1. The first-order valence-electron chi connectivity index (χ1n) is 3.04. The summed E-state index contributed by atoms with van der Waals surface area (Å²) < 4.78 is 29.9. The zero-order chi connectivity index (χ0) is 9.35. The van der Waals surface area contributed by atoms with Gasteiger partial charge in [-0.3, -0.25) is 4.55 Å². The van der Waals surface area contributed by atoms with Crippen LogP contribution in [0.5, 0.6) is 5.75 Å². The van der Waals surface area contributed by atoms with E-state index in [1.54, 1.807) is 0 Å². The molecule has 1 aromatic carbocycles. The predicted octanol–water partition coefficient (Wildman–Crippen LogP) is 0.821. The van der Waals surface area contributed by atoms with E-state index in [1.165, 1.54) is 12.1 Å². The van der Waals surface area contributed by atoms with Gasteiger partial charge in [0, 0.05) is 0 Å². The summed E-state index contributed by atoms with van der Waals surface area (Å²) in [6.07, 6.45) is 0. The number of benzene rings is 1. The normalized spacial score (nSPS) is 11.5. The standard InChI is InChI=1S/C7H7O4S/c1-5-3-2-4-6(8)7(5)12(9,10)11/h2-4,8H,1H2,(H,9,10,11). The van der Waals surface area contributed by atoms with Gasteiger partial charge in [-0.15, -0.1) is 0 Å². The highest BCUT2D eigenvalue weighted by atomic mass is 32.2. The highest BCUT2D eigenvalue weighted by Gasteiger charge is 2.17. The molecule has 1 aromatic rings. The monoisotopic (exact) mass is 187 g/mol. The predicted molar refractivity (Wildman–Crippen MR) is 42.4 cm³/mol. The maximum Gasteiger partial charge on any atom is 0.298 e. The highest BCUT2D eigenvalue weighted by Crippen LogP contribution is 2.24. The third-order valence-corrected chi connectivity index (χ3v) is 2.32. The molecule has 0 heterocycles. The lowest BCUT2D eigenvalue weighted by molar-refractivity contribution is 0.442. The van der Waals surface area contributed by atoms with Gasteiger partial charge in [-0.05, 0) is 18.6 Å². The third-order valence-electron chi connectivity index (χ3n) is 1.33. The van der Waals surface area contributed by atoms with E-state index in [-0.39, 0.29) is 5.56 Å². The zero-order valence-corrected chi connectivity index (χ0v) is 6.87. The molecule has 0 aliphatic heterocycles. The van der Waals surface area contributed by atoms with Crippen molar-refractivity contribution in [3.05, 3.63) is 30.7 Å². The van der Waals surface area contributed by atoms with Crippen LogP contribution in [0.1, 0.15) is 5.56 Å². The molecular weight excluding hydrogens is 180 g/mol. The molecule has 0 atom stereocenters. The van der Waals surface area contributed by atoms with Crippen LogP contribution in [0, 0.1) is 6.92 Å². The van der Waals surface area contributed by atoms with Crippen LogP contribution in [-0.2, 0) is 10.1 Å². The molecule has 12 heavy (non-hydrogen) atoms. The minimum Gasteiger partial charge on any atom is -0.506 e. The van der Waals surface area contributed by atoms with Gasteiger partial charge < -0.3 is 5.11 Å². The Morgan fingerprint density at radius 3 is 2.25 bits per heavy atom. The van der Waals surface area contributed by atoms with Crippen molar-refractivity contribution < 1.29 is 18.1 Å². The van der Waals surface area contributed by atoms with Gasteiger partial charge in [0.05, 0.1) is 0 Å². The van der Waals surface area contributed by atoms with E-state index in [0.717, 1.165) is 6.07 Å². The molecule has 1 rings (SSSR count). The maximum absolute atomic E-state index is 10.6. The quantitative estimate of drug-likeness (QED) is 0.638. The van der Waals surface area contributed by atoms with Crippen molar-refractivity contribution in [2.75, 3.05) is 0 Å². The van der Waals surface area contributed by atoms with Gasteiger partial charge in [-0.2, -0.15) is 8.42 Å². The number of aromatic hydroxyl groups is 1. The Morgan fingerprint density at radius 2 is 1.92 bits per heavy atom. The molecule has 0 aliphatic carbocycles. The maximum atomic E-state index is 10.6. The second kappa shape index (κ2) is 2.76. The summed E-state index contributed by atoms with van der Waals surface area (Å²) >= 11 is 0. The Kier molecular flexibility index (Phi) is 2.08. The van der Waals surface area contributed by atoms with E-state index in [2.05, 4.69) is 6.92 Å². The third kappa shape index (κ3) is 1.57. The van der Waals surface area contributed by atoms with Gasteiger partial charge in [0.15, 0.2) is 0 Å². The average Bonchev–Trinajstić information content (AvgIpc) is 1.82. The lowest BCUT2D eigenvalue weighted by Crippen LogP contribution is -2.00. The van der Waals surface area contributed by atoms with Crippen molar-refractivity contribution in [1.82, 2.24) is 0 Å². The Hall–Kier alpha value is -1.07. The molecule has 5 heteroatoms. The Labute approximate surface area is 70.2 Å². The summed E-state index contributed by atoms with van der Waals surface area (Å²) in [6.45, 7) is 3.35. The van der Waals surface area contributed by atoms with Crippen LogP contribution < -0.4 is 0 Å². The van der Waals surface area contributed by atoms with Crippen molar-refractivity contribution in [2.45, 2.75) is 4.90 Å². The molecule has 0 saturated heterocycles. The van der Waals surface area contributed by atoms with Crippen LogP contribution in [0.2, 0.25) is 0 Å². The second-order valence-corrected chi connectivity index (χ2v) is 3.60. The first kappa shape index (κ1) is 9.02. The summed E-state index contributed by atoms with van der Waals surface area (Å²) in [5, 5.41) is 9.05. The largest absolute Gasteiger partial charge is 0.506 e. The average molecular weight is 187 g/mol. The molecule has 0 saturated carbocycles. The molecule has 2 N–H and O–H groups in total. The van der Waals surface area contributed by atoms with Crippen LogP contribution in [0.15, 0.2) is 23.1 Å². The van der Waals surface area contributed by atoms with E-state index in [9.17, 15) is 8.42 Å². The SMILES string of the molecule is [CH2]c1cccc(O)c1S(=O)(=O)O. The Morgan fingerprint density at radius 1 is 1.33 bits per heavy atom. The molecule has 0 bridgehead atoms. The van der Waals surface area contributed by atoms with Crippen molar-refractivity contribution in [2.24, 2.45) is 0 Å². The van der Waals surface area contributed by atoms with Crippen LogP contribution in [0.3, 0.4) is 0 Å². The molecule has 0 aliphatic rings. The van der Waals surface area contributed by atoms with E-state index in [1.807, 2.05) is 0 Å². The molecule has 65 valence electrons. The molecular formula is C7H7O4S. The number of phenolic OH excluding ortho intramolecular Hbond substituents is 1. The summed E-state index contributed by atoms with van der Waals surface area (Å²) in [7, 11) is -4.38.